The van der Waals surface area contributed by atoms with Crippen LogP contribution in [0.15, 0.2) is 6.20 Å². The molecule has 1 fully saturated rings. The number of likely N-dealkylation sites (N-methyl/N-ethyl adjacent to an activating group) is 1. The van der Waals surface area contributed by atoms with Crippen LogP contribution in [0.5, 0.6) is 0 Å². The molecule has 1 N–H and O–H groups in total. The molecular formula is C14H21N3O2S. The average molecular weight is 295 g/mol. The van der Waals surface area contributed by atoms with Gasteiger partial charge < -0.3 is 5.32 Å². The number of nitrogens with zero attached hydrogens (tertiary/aromatic N) is 2. The minimum absolute atomic E-state index is 0.0518. The number of imide groups is 1. The normalized spacial score (nSPS) is 20.6. The SMILES string of the molecule is CN1C(=O)CCC(NCc2cnc(C(C)(C)C)s2)C1=O. The van der Waals surface area contributed by atoms with Gasteiger partial charge in [0.05, 0.1) is 11.0 Å². The monoisotopic (exact) mass is 295 g/mol. The van der Waals surface area contributed by atoms with E-state index in [1.807, 2.05) is 6.20 Å². The topological polar surface area (TPSA) is 62.3 Å². The number of piperidine rings is 1. The number of hydrogen-bond acceptors (Lipinski definition) is 5. The third kappa shape index (κ3) is 3.24. The van der Waals surface area contributed by atoms with Crippen molar-refractivity contribution < 1.29 is 9.59 Å². The van der Waals surface area contributed by atoms with Crippen molar-refractivity contribution in [2.45, 2.75) is 51.6 Å². The van der Waals surface area contributed by atoms with E-state index in [1.54, 1.807) is 18.4 Å². The van der Waals surface area contributed by atoms with E-state index >= 15 is 0 Å². The molecule has 0 aliphatic carbocycles. The molecule has 1 aromatic rings. The van der Waals surface area contributed by atoms with E-state index < -0.39 is 0 Å². The lowest BCUT2D eigenvalue weighted by atomic mass is 9.98. The Balaban J connectivity index is 1.94. The summed E-state index contributed by atoms with van der Waals surface area (Å²) in [6.07, 6.45) is 2.86. The van der Waals surface area contributed by atoms with Gasteiger partial charge in [0.2, 0.25) is 11.8 Å². The number of amides is 2. The Kier molecular flexibility index (Phi) is 4.25. The van der Waals surface area contributed by atoms with Gasteiger partial charge >= 0.3 is 0 Å². The van der Waals surface area contributed by atoms with Crippen molar-refractivity contribution in [3.63, 3.8) is 0 Å². The highest BCUT2D eigenvalue weighted by atomic mass is 32.1. The molecular weight excluding hydrogens is 274 g/mol. The largest absolute Gasteiger partial charge is 0.301 e. The third-order valence-electron chi connectivity index (χ3n) is 3.37. The second-order valence-corrected chi connectivity index (χ2v) is 7.26. The number of likely N-dealkylation sites (tertiary alicyclic amines) is 1. The van der Waals surface area contributed by atoms with Crippen molar-refractivity contribution in [3.8, 4) is 0 Å². The van der Waals surface area contributed by atoms with Crippen molar-refractivity contribution in [1.82, 2.24) is 15.2 Å². The van der Waals surface area contributed by atoms with Crippen molar-refractivity contribution in [3.05, 3.63) is 16.1 Å². The van der Waals surface area contributed by atoms with Crippen molar-refractivity contribution in [2.75, 3.05) is 7.05 Å². The first-order valence-corrected chi connectivity index (χ1v) is 7.59. The van der Waals surface area contributed by atoms with E-state index in [-0.39, 0.29) is 23.3 Å². The molecule has 6 heteroatoms. The first-order chi connectivity index (χ1) is 9.29. The highest BCUT2D eigenvalue weighted by molar-refractivity contribution is 7.11. The van der Waals surface area contributed by atoms with Crippen molar-refractivity contribution in [1.29, 1.82) is 0 Å². The molecule has 1 unspecified atom stereocenters. The summed E-state index contributed by atoms with van der Waals surface area (Å²) in [7, 11) is 1.54. The third-order valence-corrected chi connectivity index (χ3v) is 4.79. The van der Waals surface area contributed by atoms with E-state index in [2.05, 4.69) is 31.1 Å². The Morgan fingerprint density at radius 1 is 1.45 bits per heavy atom. The zero-order valence-electron chi connectivity index (χ0n) is 12.4. The summed E-state index contributed by atoms with van der Waals surface area (Å²) >= 11 is 1.67. The molecule has 0 bridgehead atoms. The number of hydrogen-bond donors (Lipinski definition) is 1. The summed E-state index contributed by atoms with van der Waals surface area (Å²) in [5.74, 6) is -0.234. The molecule has 2 heterocycles. The highest BCUT2D eigenvalue weighted by Gasteiger charge is 2.31. The minimum Gasteiger partial charge on any atom is -0.301 e. The maximum absolute atomic E-state index is 12.0. The van der Waals surface area contributed by atoms with Gasteiger partial charge in [0.15, 0.2) is 0 Å². The van der Waals surface area contributed by atoms with E-state index in [0.29, 0.717) is 19.4 Å². The van der Waals surface area contributed by atoms with Crippen LogP contribution in [0, 0.1) is 0 Å². The van der Waals surface area contributed by atoms with Crippen molar-refractivity contribution in [2.24, 2.45) is 0 Å². The molecule has 1 atom stereocenters. The van der Waals surface area contributed by atoms with Crippen LogP contribution in [0.25, 0.3) is 0 Å². The van der Waals surface area contributed by atoms with Crippen LogP contribution in [0.3, 0.4) is 0 Å². The first kappa shape index (κ1) is 15.1. The molecule has 2 amide bonds. The van der Waals surface area contributed by atoms with Crippen LogP contribution in [-0.4, -0.2) is 34.8 Å². The molecule has 1 saturated heterocycles. The number of aromatic nitrogens is 1. The quantitative estimate of drug-likeness (QED) is 0.862. The molecule has 0 spiro atoms. The maximum Gasteiger partial charge on any atom is 0.246 e. The van der Waals surface area contributed by atoms with Gasteiger partial charge in [0.25, 0.3) is 0 Å². The number of carbonyl (C=O) groups excluding carboxylic acids is 2. The Morgan fingerprint density at radius 3 is 2.75 bits per heavy atom. The lowest BCUT2D eigenvalue weighted by Crippen LogP contribution is -2.51. The summed E-state index contributed by atoms with van der Waals surface area (Å²) in [4.78, 5) is 30.1. The number of carbonyl (C=O) groups is 2. The Labute approximate surface area is 123 Å². The Morgan fingerprint density at radius 2 is 2.15 bits per heavy atom. The van der Waals surface area contributed by atoms with E-state index in [4.69, 9.17) is 0 Å². The molecule has 5 nitrogen and oxygen atoms in total. The van der Waals surface area contributed by atoms with E-state index in [0.717, 1.165) is 9.88 Å². The van der Waals surface area contributed by atoms with Gasteiger partial charge in [-0.05, 0) is 6.42 Å². The smallest absolute Gasteiger partial charge is 0.246 e. The fraction of sp³-hybridized carbons (Fsp3) is 0.643. The highest BCUT2D eigenvalue weighted by Crippen LogP contribution is 2.26. The Bertz CT molecular complexity index is 519. The molecule has 2 rings (SSSR count). The molecule has 110 valence electrons. The van der Waals surface area contributed by atoms with Crippen LogP contribution in [0.1, 0.15) is 43.5 Å². The zero-order valence-corrected chi connectivity index (χ0v) is 13.2. The van der Waals surface area contributed by atoms with Gasteiger partial charge in [0, 0.05) is 36.5 Å². The second-order valence-electron chi connectivity index (χ2n) is 6.14. The van der Waals surface area contributed by atoms with E-state index in [9.17, 15) is 9.59 Å². The zero-order chi connectivity index (χ0) is 14.9. The van der Waals surface area contributed by atoms with Crippen molar-refractivity contribution >= 4 is 23.2 Å². The number of thiazole rings is 1. The van der Waals surface area contributed by atoms with Crippen LogP contribution < -0.4 is 5.32 Å². The fourth-order valence-corrected chi connectivity index (χ4v) is 2.99. The van der Waals surface area contributed by atoms with Gasteiger partial charge in [-0.3, -0.25) is 14.5 Å². The molecule has 1 aliphatic heterocycles. The van der Waals surface area contributed by atoms with Gasteiger partial charge in [-0.25, -0.2) is 4.98 Å². The molecule has 1 aromatic heterocycles. The van der Waals surface area contributed by atoms with Gasteiger partial charge in [-0.1, -0.05) is 20.8 Å². The summed E-state index contributed by atoms with van der Waals surface area (Å²) < 4.78 is 0. The van der Waals surface area contributed by atoms with Crippen LogP contribution in [-0.2, 0) is 21.5 Å². The van der Waals surface area contributed by atoms with Crippen LogP contribution in [0.2, 0.25) is 0 Å². The first-order valence-electron chi connectivity index (χ1n) is 6.78. The predicted octanol–water partition coefficient (Wildman–Crippen LogP) is 1.68. The standard InChI is InChI=1S/C14H21N3O2S/c1-14(2,3)13-16-8-9(20-13)7-15-10-5-6-11(18)17(4)12(10)19/h8,10,15H,5-7H2,1-4H3. The molecule has 0 radical (unpaired) electrons. The van der Waals surface area contributed by atoms with Crippen LogP contribution in [0.4, 0.5) is 0 Å². The summed E-state index contributed by atoms with van der Waals surface area (Å²) in [6.45, 7) is 7.02. The summed E-state index contributed by atoms with van der Waals surface area (Å²) in [5, 5.41) is 4.32. The molecule has 0 saturated carbocycles. The number of rotatable bonds is 3. The van der Waals surface area contributed by atoms with Gasteiger partial charge in [0.1, 0.15) is 0 Å². The maximum atomic E-state index is 12.0. The van der Waals surface area contributed by atoms with Gasteiger partial charge in [-0.2, -0.15) is 0 Å². The fourth-order valence-electron chi connectivity index (χ4n) is 2.06. The molecule has 20 heavy (non-hydrogen) atoms. The van der Waals surface area contributed by atoms with Crippen LogP contribution >= 0.6 is 11.3 Å². The molecule has 0 aromatic carbocycles. The number of nitrogens with one attached hydrogen (secondary N) is 1. The summed E-state index contributed by atoms with van der Waals surface area (Å²) in [5.41, 5.74) is 0.0518. The Hall–Kier alpha value is -1.27. The average Bonchev–Trinajstić information content (AvgIpc) is 2.84. The second kappa shape index (κ2) is 5.61. The lowest BCUT2D eigenvalue weighted by molar-refractivity contribution is -0.148. The summed E-state index contributed by atoms with van der Waals surface area (Å²) in [6, 6.07) is -0.266. The molecule has 1 aliphatic rings. The lowest BCUT2D eigenvalue weighted by Gasteiger charge is -2.28. The van der Waals surface area contributed by atoms with Gasteiger partial charge in [-0.15, -0.1) is 11.3 Å². The predicted molar refractivity (Wildman–Crippen MR) is 78.5 cm³/mol. The minimum atomic E-state index is -0.266. The van der Waals surface area contributed by atoms with E-state index in [1.165, 1.54) is 4.90 Å².